The topological polar surface area (TPSA) is 90.8 Å². The van der Waals surface area contributed by atoms with E-state index in [2.05, 4.69) is 19.4 Å². The molecule has 0 N–H and O–H groups in total. The number of ether oxygens (including phenoxy) is 3. The fourth-order valence-corrected chi connectivity index (χ4v) is 1.84. The highest BCUT2D eigenvalue weighted by atomic mass is 16.6. The van der Waals surface area contributed by atoms with Crippen molar-refractivity contribution in [1.29, 1.82) is 0 Å². The van der Waals surface area contributed by atoms with Crippen LogP contribution in [0.2, 0.25) is 0 Å². The van der Waals surface area contributed by atoms with E-state index in [0.717, 1.165) is 0 Å². The molecule has 8 nitrogen and oxygen atoms in total. The lowest BCUT2D eigenvalue weighted by Crippen LogP contribution is -2.47. The number of esters is 2. The quantitative estimate of drug-likeness (QED) is 0.694. The summed E-state index contributed by atoms with van der Waals surface area (Å²) in [6.45, 7) is 1.21. The summed E-state index contributed by atoms with van der Waals surface area (Å²) in [6.07, 6.45) is 2.18. The highest BCUT2D eigenvalue weighted by molar-refractivity contribution is 5.87. The van der Waals surface area contributed by atoms with E-state index in [1.807, 2.05) is 4.90 Å². The molecule has 1 aliphatic heterocycles. The third-order valence-electron chi connectivity index (χ3n) is 2.87. The van der Waals surface area contributed by atoms with Gasteiger partial charge >= 0.3 is 11.9 Å². The number of morpholine rings is 1. The fraction of sp³-hybridized carbons (Fsp3) is 0.500. The minimum Gasteiger partial charge on any atom is -0.467 e. The maximum absolute atomic E-state index is 11.5. The molecule has 0 aliphatic carbocycles. The second kappa shape index (κ2) is 6.29. The van der Waals surface area contributed by atoms with Crippen molar-refractivity contribution in [2.24, 2.45) is 0 Å². The van der Waals surface area contributed by atoms with Crippen LogP contribution in [0.25, 0.3) is 0 Å². The van der Waals surface area contributed by atoms with Crippen LogP contribution >= 0.6 is 0 Å². The Kier molecular flexibility index (Phi) is 4.46. The number of hydrogen-bond acceptors (Lipinski definition) is 8. The van der Waals surface area contributed by atoms with E-state index in [1.54, 1.807) is 0 Å². The normalized spacial score (nSPS) is 18.5. The van der Waals surface area contributed by atoms with Gasteiger partial charge in [-0.05, 0) is 0 Å². The summed E-state index contributed by atoms with van der Waals surface area (Å²) in [7, 11) is 2.58. The second-order valence-electron chi connectivity index (χ2n) is 4.08. The van der Waals surface area contributed by atoms with Gasteiger partial charge < -0.3 is 19.1 Å². The highest BCUT2D eigenvalue weighted by Crippen LogP contribution is 2.15. The standard InChI is InChI=1S/C12H15N3O5/c1-18-11(16)8-5-13-6-10(14-8)15-3-4-20-9(7-15)12(17)19-2/h5-6,9H,3-4,7H2,1-2H3. The summed E-state index contributed by atoms with van der Waals surface area (Å²) in [4.78, 5) is 32.8. The number of methoxy groups -OCH3 is 2. The van der Waals surface area contributed by atoms with Crippen molar-refractivity contribution >= 4 is 17.8 Å². The van der Waals surface area contributed by atoms with E-state index >= 15 is 0 Å². The van der Waals surface area contributed by atoms with Crippen LogP contribution in [0, 0.1) is 0 Å². The van der Waals surface area contributed by atoms with Crippen molar-refractivity contribution in [3.05, 3.63) is 18.1 Å². The van der Waals surface area contributed by atoms with E-state index in [9.17, 15) is 9.59 Å². The molecule has 1 saturated heterocycles. The van der Waals surface area contributed by atoms with Gasteiger partial charge in [-0.1, -0.05) is 0 Å². The Hall–Kier alpha value is -2.22. The average Bonchev–Trinajstić information content (AvgIpc) is 2.53. The molecule has 1 fully saturated rings. The van der Waals surface area contributed by atoms with Gasteiger partial charge in [-0.15, -0.1) is 0 Å². The molecule has 0 bridgehead atoms. The Balaban J connectivity index is 2.14. The molecule has 1 atom stereocenters. The maximum Gasteiger partial charge on any atom is 0.358 e. The Morgan fingerprint density at radius 3 is 2.85 bits per heavy atom. The van der Waals surface area contributed by atoms with Gasteiger partial charge in [0.1, 0.15) is 5.82 Å². The van der Waals surface area contributed by atoms with Crippen LogP contribution < -0.4 is 4.90 Å². The van der Waals surface area contributed by atoms with E-state index in [-0.39, 0.29) is 5.69 Å². The van der Waals surface area contributed by atoms with Crippen molar-refractivity contribution < 1.29 is 23.8 Å². The minimum atomic E-state index is -0.669. The first-order valence-corrected chi connectivity index (χ1v) is 6.00. The van der Waals surface area contributed by atoms with Crippen molar-refractivity contribution in [2.45, 2.75) is 6.10 Å². The van der Waals surface area contributed by atoms with Gasteiger partial charge in [-0.2, -0.15) is 0 Å². The van der Waals surface area contributed by atoms with Gasteiger partial charge in [0.2, 0.25) is 0 Å². The molecule has 0 spiro atoms. The Morgan fingerprint density at radius 1 is 1.35 bits per heavy atom. The molecule has 2 rings (SSSR count). The van der Waals surface area contributed by atoms with Gasteiger partial charge in [-0.25, -0.2) is 14.6 Å². The zero-order chi connectivity index (χ0) is 14.5. The molecule has 1 aromatic rings. The van der Waals surface area contributed by atoms with Crippen molar-refractivity contribution in [1.82, 2.24) is 9.97 Å². The average molecular weight is 281 g/mol. The molecule has 8 heteroatoms. The summed E-state index contributed by atoms with van der Waals surface area (Å²) in [5.74, 6) is -0.506. The fourth-order valence-electron chi connectivity index (χ4n) is 1.84. The zero-order valence-electron chi connectivity index (χ0n) is 11.2. The number of nitrogens with zero attached hydrogens (tertiary/aromatic N) is 3. The Morgan fingerprint density at radius 2 is 2.15 bits per heavy atom. The maximum atomic E-state index is 11.5. The largest absolute Gasteiger partial charge is 0.467 e. The predicted octanol–water partition coefficient (Wildman–Crippen LogP) is -0.359. The third-order valence-corrected chi connectivity index (χ3v) is 2.87. The van der Waals surface area contributed by atoms with E-state index in [0.29, 0.717) is 25.5 Å². The lowest BCUT2D eigenvalue weighted by atomic mass is 10.2. The van der Waals surface area contributed by atoms with Crippen molar-refractivity contribution in [2.75, 3.05) is 38.8 Å². The van der Waals surface area contributed by atoms with Crippen LogP contribution in [0.1, 0.15) is 10.5 Å². The summed E-state index contributed by atoms with van der Waals surface area (Å²) in [5, 5.41) is 0. The van der Waals surface area contributed by atoms with Crippen molar-refractivity contribution in [3.8, 4) is 0 Å². The van der Waals surface area contributed by atoms with E-state index < -0.39 is 18.0 Å². The molecular formula is C12H15N3O5. The number of carbonyl (C=O) groups excluding carboxylic acids is 2. The summed E-state index contributed by atoms with van der Waals surface area (Å²) >= 11 is 0. The molecular weight excluding hydrogens is 266 g/mol. The molecule has 108 valence electrons. The SMILES string of the molecule is COC(=O)c1cncc(N2CCOC(C(=O)OC)C2)n1. The van der Waals surface area contributed by atoms with Crippen LogP contribution in [-0.4, -0.2) is 61.9 Å². The summed E-state index contributed by atoms with van der Waals surface area (Å²) in [5.41, 5.74) is 0.117. The summed E-state index contributed by atoms with van der Waals surface area (Å²) in [6, 6.07) is 0. The highest BCUT2D eigenvalue weighted by Gasteiger charge is 2.28. The number of rotatable bonds is 3. The molecule has 1 aliphatic rings. The molecule has 20 heavy (non-hydrogen) atoms. The molecule has 2 heterocycles. The van der Waals surface area contributed by atoms with Gasteiger partial charge in [0.15, 0.2) is 11.8 Å². The third kappa shape index (κ3) is 3.02. The molecule has 0 aromatic carbocycles. The van der Waals surface area contributed by atoms with Gasteiger partial charge in [0.05, 0.1) is 39.8 Å². The lowest BCUT2D eigenvalue weighted by Gasteiger charge is -2.32. The number of anilines is 1. The van der Waals surface area contributed by atoms with Gasteiger partial charge in [-0.3, -0.25) is 4.98 Å². The molecule has 0 amide bonds. The minimum absolute atomic E-state index is 0.117. The van der Waals surface area contributed by atoms with Gasteiger partial charge in [0.25, 0.3) is 0 Å². The Labute approximate surface area is 115 Å². The van der Waals surface area contributed by atoms with Crippen LogP contribution in [-0.2, 0) is 19.0 Å². The first kappa shape index (κ1) is 14.2. The number of aromatic nitrogens is 2. The van der Waals surface area contributed by atoms with Gasteiger partial charge in [0, 0.05) is 6.54 Å². The van der Waals surface area contributed by atoms with Crippen molar-refractivity contribution in [3.63, 3.8) is 0 Å². The zero-order valence-corrected chi connectivity index (χ0v) is 11.2. The lowest BCUT2D eigenvalue weighted by molar-refractivity contribution is -0.154. The van der Waals surface area contributed by atoms with Crippen LogP contribution in [0.15, 0.2) is 12.4 Å². The second-order valence-corrected chi connectivity index (χ2v) is 4.08. The molecule has 0 radical (unpaired) electrons. The molecule has 1 unspecified atom stereocenters. The molecule has 0 saturated carbocycles. The monoisotopic (exact) mass is 281 g/mol. The predicted molar refractivity (Wildman–Crippen MR) is 67.3 cm³/mol. The van der Waals surface area contributed by atoms with E-state index in [1.165, 1.54) is 26.6 Å². The molecule has 1 aromatic heterocycles. The van der Waals surface area contributed by atoms with Crippen LogP contribution in [0.4, 0.5) is 5.82 Å². The number of hydrogen-bond donors (Lipinski definition) is 0. The smallest absolute Gasteiger partial charge is 0.358 e. The van der Waals surface area contributed by atoms with E-state index in [4.69, 9.17) is 4.74 Å². The summed E-state index contributed by atoms with van der Waals surface area (Å²) < 4.78 is 14.6. The number of carbonyl (C=O) groups is 2. The Bertz CT molecular complexity index is 508. The first-order valence-electron chi connectivity index (χ1n) is 6.00. The first-order chi connectivity index (χ1) is 9.65. The van der Waals surface area contributed by atoms with Crippen LogP contribution in [0.3, 0.4) is 0 Å². The van der Waals surface area contributed by atoms with Crippen LogP contribution in [0.5, 0.6) is 0 Å².